The minimum absolute atomic E-state index is 0.133. The van der Waals surface area contributed by atoms with Crippen LogP contribution in [0.3, 0.4) is 0 Å². The number of quaternary nitrogens is 1. The first-order valence-electron chi connectivity index (χ1n) is 5.82. The van der Waals surface area contributed by atoms with Crippen molar-refractivity contribution in [2.45, 2.75) is 12.8 Å². The molecule has 18 heavy (non-hydrogen) atoms. The van der Waals surface area contributed by atoms with Crippen molar-refractivity contribution in [2.24, 2.45) is 0 Å². The molecule has 0 bridgehead atoms. The van der Waals surface area contributed by atoms with Crippen LogP contribution in [0.4, 0.5) is 0 Å². The van der Waals surface area contributed by atoms with Gasteiger partial charge in [0.15, 0.2) is 0 Å². The van der Waals surface area contributed by atoms with Crippen molar-refractivity contribution < 1.29 is 23.9 Å². The molecule has 0 aromatic rings. The normalized spacial score (nSPS) is 11.3. The average Bonchev–Trinajstić information content (AvgIpc) is 2.34. The topological polar surface area (TPSA) is 70.6 Å². The van der Waals surface area contributed by atoms with E-state index in [0.717, 1.165) is 48.2 Å². The lowest BCUT2D eigenvalue weighted by molar-refractivity contribution is -0.890. The Hall–Kier alpha value is -0.600. The van der Waals surface area contributed by atoms with Gasteiger partial charge in [-0.15, -0.1) is 0 Å². The lowest BCUT2D eigenvalue weighted by atomic mass is 10.3. The highest BCUT2D eigenvalue weighted by molar-refractivity contribution is 7.94. The summed E-state index contributed by atoms with van der Waals surface area (Å²) in [5.74, 6) is 0.586. The van der Waals surface area contributed by atoms with Crippen LogP contribution in [0.25, 0.3) is 0 Å². The zero-order valence-corrected chi connectivity index (χ0v) is 11.8. The molecule has 0 rings (SSSR count). The molecule has 1 N–H and O–H groups in total. The predicted molar refractivity (Wildman–Crippen MR) is 68.9 cm³/mol. The van der Waals surface area contributed by atoms with E-state index in [2.05, 4.69) is 35.4 Å². The molecule has 6 nitrogen and oxygen atoms in total. The summed E-state index contributed by atoms with van der Waals surface area (Å²) in [7, 11) is 4.26. The zero-order chi connectivity index (χ0) is 13.9. The Balaban J connectivity index is 3.54. The molecule has 0 fully saturated rings. The SMILES string of the molecule is C=CC(=O)NCCC[N+](C)(C)CCCSOO[O-]. The van der Waals surface area contributed by atoms with E-state index >= 15 is 0 Å². The Morgan fingerprint density at radius 1 is 1.44 bits per heavy atom. The highest BCUT2D eigenvalue weighted by Gasteiger charge is 2.13. The van der Waals surface area contributed by atoms with Gasteiger partial charge < -0.3 is 15.1 Å². The maximum atomic E-state index is 10.9. The maximum absolute atomic E-state index is 10.9. The second-order valence-corrected chi connectivity index (χ2v) is 5.32. The Morgan fingerprint density at radius 3 is 2.72 bits per heavy atom. The van der Waals surface area contributed by atoms with Crippen LogP contribution in [-0.2, 0) is 14.2 Å². The monoisotopic (exact) mass is 278 g/mol. The number of carbonyl (C=O) groups is 1. The number of rotatable bonds is 11. The highest BCUT2D eigenvalue weighted by Crippen LogP contribution is 2.07. The molecular weight excluding hydrogens is 256 g/mol. The summed E-state index contributed by atoms with van der Waals surface area (Å²) in [6.45, 7) is 6.00. The van der Waals surface area contributed by atoms with E-state index in [1.807, 2.05) is 0 Å². The lowest BCUT2D eigenvalue weighted by Crippen LogP contribution is -2.42. The molecule has 0 aliphatic carbocycles. The Labute approximate surface area is 113 Å². The van der Waals surface area contributed by atoms with Crippen molar-refractivity contribution in [2.75, 3.05) is 39.5 Å². The van der Waals surface area contributed by atoms with Gasteiger partial charge in [-0.3, -0.25) is 9.83 Å². The quantitative estimate of drug-likeness (QED) is 0.144. The molecule has 7 heteroatoms. The van der Waals surface area contributed by atoms with Crippen LogP contribution in [-0.4, -0.2) is 49.9 Å². The van der Waals surface area contributed by atoms with Crippen LogP contribution in [0.15, 0.2) is 12.7 Å². The summed E-state index contributed by atoms with van der Waals surface area (Å²) < 4.78 is 5.05. The Morgan fingerprint density at radius 2 is 2.11 bits per heavy atom. The van der Waals surface area contributed by atoms with Gasteiger partial charge in [0.2, 0.25) is 5.91 Å². The summed E-state index contributed by atoms with van der Waals surface area (Å²) in [5.41, 5.74) is 0. The molecule has 0 aromatic carbocycles. The van der Waals surface area contributed by atoms with Crippen molar-refractivity contribution in [1.29, 1.82) is 0 Å². The number of nitrogens with one attached hydrogen (secondary N) is 1. The molecule has 0 aromatic heterocycles. The highest BCUT2D eigenvalue weighted by atomic mass is 32.2. The molecule has 106 valence electrons. The zero-order valence-electron chi connectivity index (χ0n) is 11.0. The van der Waals surface area contributed by atoms with Crippen LogP contribution in [0.1, 0.15) is 12.8 Å². The minimum Gasteiger partial charge on any atom is -0.691 e. The molecule has 0 saturated heterocycles. The van der Waals surface area contributed by atoms with Crippen molar-refractivity contribution in [3.63, 3.8) is 0 Å². The van der Waals surface area contributed by atoms with Crippen molar-refractivity contribution >= 4 is 17.9 Å². The van der Waals surface area contributed by atoms with Gasteiger partial charge in [0.05, 0.1) is 27.2 Å². The van der Waals surface area contributed by atoms with Gasteiger partial charge in [-0.25, -0.2) is 0 Å². The first-order chi connectivity index (χ1) is 8.52. The molecule has 0 unspecified atom stereocenters. The largest absolute Gasteiger partial charge is 0.691 e. The summed E-state index contributed by atoms with van der Waals surface area (Å²) in [6.07, 6.45) is 3.12. The van der Waals surface area contributed by atoms with Gasteiger partial charge in [-0.05, 0) is 6.08 Å². The van der Waals surface area contributed by atoms with Crippen LogP contribution >= 0.6 is 12.0 Å². The predicted octanol–water partition coefficient (Wildman–Crippen LogP) is 0.0169. The van der Waals surface area contributed by atoms with E-state index in [4.69, 9.17) is 0 Å². The molecule has 0 aliphatic heterocycles. The van der Waals surface area contributed by atoms with Crippen molar-refractivity contribution in [3.05, 3.63) is 12.7 Å². The standard InChI is InChI=1S/C11H22N2O4S/c1-4-11(14)12-7-5-8-13(2,3)9-6-10-18-17-16-15/h4H,1,5-10H2,2-3H3,(H-,12,14,15). The Bertz CT molecular complexity index is 249. The molecule has 0 atom stereocenters. The van der Waals surface area contributed by atoms with Crippen molar-refractivity contribution in [1.82, 2.24) is 5.32 Å². The number of amides is 1. The fourth-order valence-electron chi connectivity index (χ4n) is 1.51. The third-order valence-corrected chi connectivity index (χ3v) is 3.10. The second-order valence-electron chi connectivity index (χ2n) is 4.54. The number of carbonyl (C=O) groups excluding carboxylic acids is 1. The number of hydrogen-bond donors (Lipinski definition) is 1. The molecule has 0 spiro atoms. The van der Waals surface area contributed by atoms with Crippen molar-refractivity contribution in [3.8, 4) is 0 Å². The smallest absolute Gasteiger partial charge is 0.243 e. The van der Waals surface area contributed by atoms with E-state index < -0.39 is 0 Å². The molecule has 0 radical (unpaired) electrons. The van der Waals surface area contributed by atoms with Crippen LogP contribution in [0.2, 0.25) is 0 Å². The van der Waals surface area contributed by atoms with E-state index in [-0.39, 0.29) is 5.91 Å². The average molecular weight is 278 g/mol. The molecule has 1 amide bonds. The molecular formula is C11H22N2O4S. The summed E-state index contributed by atoms with van der Waals surface area (Å²) in [5, 5.41) is 15.5. The van der Waals surface area contributed by atoms with Gasteiger partial charge >= 0.3 is 0 Å². The summed E-state index contributed by atoms with van der Waals surface area (Å²) in [4.78, 5) is 10.9. The Kier molecular flexibility index (Phi) is 9.99. The molecule has 0 aliphatic rings. The minimum atomic E-state index is -0.133. The van der Waals surface area contributed by atoms with E-state index in [1.54, 1.807) is 0 Å². The second kappa shape index (κ2) is 10.3. The van der Waals surface area contributed by atoms with Gasteiger partial charge in [0.25, 0.3) is 0 Å². The molecule has 0 heterocycles. The first kappa shape index (κ1) is 17.4. The van der Waals surface area contributed by atoms with Crippen LogP contribution < -0.4 is 10.6 Å². The number of hydrogen-bond acceptors (Lipinski definition) is 5. The van der Waals surface area contributed by atoms with Crippen LogP contribution in [0, 0.1) is 0 Å². The molecule has 0 saturated carbocycles. The first-order valence-corrected chi connectivity index (χ1v) is 6.73. The third-order valence-electron chi connectivity index (χ3n) is 2.49. The maximum Gasteiger partial charge on any atom is 0.243 e. The number of nitrogens with zero attached hydrogens (tertiary/aromatic N) is 1. The van der Waals surface area contributed by atoms with Gasteiger partial charge in [-0.2, -0.15) is 4.33 Å². The van der Waals surface area contributed by atoms with Crippen LogP contribution in [0.5, 0.6) is 0 Å². The van der Waals surface area contributed by atoms with E-state index in [1.165, 1.54) is 6.08 Å². The van der Waals surface area contributed by atoms with Gasteiger partial charge in [0, 0.05) is 37.2 Å². The summed E-state index contributed by atoms with van der Waals surface area (Å²) >= 11 is 1.02. The fourth-order valence-corrected chi connectivity index (χ4v) is 1.86. The van der Waals surface area contributed by atoms with E-state index in [0.29, 0.717) is 6.54 Å². The van der Waals surface area contributed by atoms with Gasteiger partial charge in [0.1, 0.15) is 0 Å². The van der Waals surface area contributed by atoms with Gasteiger partial charge in [-0.1, -0.05) is 6.58 Å². The fraction of sp³-hybridized carbons (Fsp3) is 0.727. The third kappa shape index (κ3) is 10.5. The summed E-state index contributed by atoms with van der Waals surface area (Å²) in [6, 6.07) is 0. The van der Waals surface area contributed by atoms with E-state index in [9.17, 15) is 10.1 Å². The lowest BCUT2D eigenvalue weighted by Gasteiger charge is -2.29.